The third-order valence-corrected chi connectivity index (χ3v) is 3.14. The molecule has 1 heterocycles. The summed E-state index contributed by atoms with van der Waals surface area (Å²) >= 11 is 0. The molecular weight excluding hydrogens is 246 g/mol. The Morgan fingerprint density at radius 3 is 2.47 bits per heavy atom. The monoisotopic (exact) mass is 263 g/mol. The van der Waals surface area contributed by atoms with E-state index in [0.29, 0.717) is 18.8 Å². The van der Waals surface area contributed by atoms with E-state index in [-0.39, 0.29) is 17.5 Å². The van der Waals surface area contributed by atoms with Gasteiger partial charge in [0.2, 0.25) is 0 Å². The Balaban J connectivity index is 2.11. The van der Waals surface area contributed by atoms with Crippen LogP contribution in [-0.4, -0.2) is 36.2 Å². The summed E-state index contributed by atoms with van der Waals surface area (Å²) in [6.07, 6.45) is 1.59. The number of amides is 1. The van der Waals surface area contributed by atoms with Crippen molar-refractivity contribution in [3.05, 3.63) is 34.9 Å². The summed E-state index contributed by atoms with van der Waals surface area (Å²) in [5, 5.41) is 11.9. The highest BCUT2D eigenvalue weighted by molar-refractivity contribution is 5.97. The Kier molecular flexibility index (Phi) is 4.16. The fraction of sp³-hybridized carbons (Fsp3) is 0.429. The highest BCUT2D eigenvalue weighted by Crippen LogP contribution is 2.12. The van der Waals surface area contributed by atoms with Gasteiger partial charge in [0.1, 0.15) is 0 Å². The fourth-order valence-corrected chi connectivity index (χ4v) is 2.15. The van der Waals surface area contributed by atoms with Crippen LogP contribution in [0.15, 0.2) is 18.2 Å². The maximum absolute atomic E-state index is 12.1. The molecule has 0 bridgehead atoms. The van der Waals surface area contributed by atoms with Crippen LogP contribution in [-0.2, 0) is 4.74 Å². The van der Waals surface area contributed by atoms with Gasteiger partial charge in [0.25, 0.3) is 5.91 Å². The van der Waals surface area contributed by atoms with Crippen molar-refractivity contribution in [3.8, 4) is 0 Å². The second kappa shape index (κ2) is 5.84. The Morgan fingerprint density at radius 1 is 1.21 bits per heavy atom. The average molecular weight is 263 g/mol. The summed E-state index contributed by atoms with van der Waals surface area (Å²) in [6, 6.07) is 4.76. The summed E-state index contributed by atoms with van der Waals surface area (Å²) in [7, 11) is 0. The molecule has 1 amide bonds. The number of nitrogens with one attached hydrogen (secondary N) is 1. The Hall–Kier alpha value is -1.88. The summed E-state index contributed by atoms with van der Waals surface area (Å²) in [5.41, 5.74) is 1.29. The molecule has 1 aliphatic rings. The molecule has 0 aliphatic carbocycles. The molecule has 5 nitrogen and oxygen atoms in total. The van der Waals surface area contributed by atoms with Gasteiger partial charge in [-0.1, -0.05) is 0 Å². The fourth-order valence-electron chi connectivity index (χ4n) is 2.15. The lowest BCUT2D eigenvalue weighted by molar-refractivity contribution is 0.0694. The zero-order valence-electron chi connectivity index (χ0n) is 10.8. The van der Waals surface area contributed by atoms with E-state index >= 15 is 0 Å². The second-order valence-corrected chi connectivity index (χ2v) is 4.75. The molecule has 0 unspecified atom stereocenters. The van der Waals surface area contributed by atoms with E-state index in [2.05, 4.69) is 5.32 Å². The smallest absolute Gasteiger partial charge is 0.335 e. The van der Waals surface area contributed by atoms with E-state index in [1.807, 2.05) is 0 Å². The molecule has 5 heteroatoms. The van der Waals surface area contributed by atoms with Crippen LogP contribution in [0, 0.1) is 6.92 Å². The Bertz CT molecular complexity index is 492. The molecule has 0 spiro atoms. The molecule has 1 saturated heterocycles. The minimum absolute atomic E-state index is 0.107. The summed E-state index contributed by atoms with van der Waals surface area (Å²) < 4.78 is 5.23. The molecule has 0 atom stereocenters. The van der Waals surface area contributed by atoms with Crippen molar-refractivity contribution in [1.82, 2.24) is 5.32 Å². The lowest BCUT2D eigenvalue weighted by Crippen LogP contribution is -2.38. The first-order chi connectivity index (χ1) is 9.06. The first-order valence-electron chi connectivity index (χ1n) is 6.30. The second-order valence-electron chi connectivity index (χ2n) is 4.75. The predicted octanol–water partition coefficient (Wildman–Crippen LogP) is 1.60. The van der Waals surface area contributed by atoms with Crippen LogP contribution in [0.2, 0.25) is 0 Å². The van der Waals surface area contributed by atoms with Crippen LogP contribution in [0.25, 0.3) is 0 Å². The maximum Gasteiger partial charge on any atom is 0.335 e. The van der Waals surface area contributed by atoms with E-state index in [4.69, 9.17) is 9.84 Å². The van der Waals surface area contributed by atoms with Gasteiger partial charge in [0, 0.05) is 24.8 Å². The molecule has 1 aliphatic heterocycles. The molecule has 19 heavy (non-hydrogen) atoms. The standard InChI is InChI=1S/C14H17NO4/c1-9-6-10(8-11(7-9)14(17)18)13(16)15-12-2-4-19-5-3-12/h6-8,12H,2-5H2,1H3,(H,15,16)(H,17,18). The van der Waals surface area contributed by atoms with Gasteiger partial charge in [-0.15, -0.1) is 0 Å². The maximum atomic E-state index is 12.1. The van der Waals surface area contributed by atoms with Crippen LogP contribution in [0.5, 0.6) is 0 Å². The van der Waals surface area contributed by atoms with E-state index in [1.165, 1.54) is 6.07 Å². The zero-order valence-corrected chi connectivity index (χ0v) is 10.8. The molecule has 102 valence electrons. The van der Waals surface area contributed by atoms with Gasteiger partial charge in [0.15, 0.2) is 0 Å². The first-order valence-corrected chi connectivity index (χ1v) is 6.30. The minimum Gasteiger partial charge on any atom is -0.478 e. The molecule has 1 aromatic carbocycles. The number of ether oxygens (including phenoxy) is 1. The summed E-state index contributed by atoms with van der Waals surface area (Å²) in [6.45, 7) is 3.08. The van der Waals surface area contributed by atoms with Crippen LogP contribution >= 0.6 is 0 Å². The largest absolute Gasteiger partial charge is 0.478 e. The number of hydrogen-bond acceptors (Lipinski definition) is 3. The van der Waals surface area contributed by atoms with Crippen molar-refractivity contribution in [3.63, 3.8) is 0 Å². The van der Waals surface area contributed by atoms with E-state index in [1.54, 1.807) is 19.1 Å². The quantitative estimate of drug-likeness (QED) is 0.868. The molecule has 0 aromatic heterocycles. The number of rotatable bonds is 3. The lowest BCUT2D eigenvalue weighted by Gasteiger charge is -2.23. The van der Waals surface area contributed by atoms with Gasteiger partial charge in [0.05, 0.1) is 5.56 Å². The number of aryl methyl sites for hydroxylation is 1. The molecule has 0 saturated carbocycles. The molecule has 1 aromatic rings. The van der Waals surface area contributed by atoms with Crippen molar-refractivity contribution in [2.45, 2.75) is 25.8 Å². The summed E-state index contributed by atoms with van der Waals surface area (Å²) in [5.74, 6) is -1.25. The van der Waals surface area contributed by atoms with Crippen molar-refractivity contribution >= 4 is 11.9 Å². The van der Waals surface area contributed by atoms with Gasteiger partial charge < -0.3 is 15.2 Å². The number of hydrogen-bond donors (Lipinski definition) is 2. The van der Waals surface area contributed by atoms with Crippen molar-refractivity contribution in [1.29, 1.82) is 0 Å². The topological polar surface area (TPSA) is 75.6 Å². The van der Waals surface area contributed by atoms with Gasteiger partial charge in [-0.05, 0) is 43.5 Å². The third-order valence-electron chi connectivity index (χ3n) is 3.14. The van der Waals surface area contributed by atoms with Gasteiger partial charge in [-0.3, -0.25) is 4.79 Å². The van der Waals surface area contributed by atoms with Crippen molar-refractivity contribution in [2.75, 3.05) is 13.2 Å². The molecule has 2 N–H and O–H groups in total. The zero-order chi connectivity index (χ0) is 13.8. The van der Waals surface area contributed by atoms with Crippen LogP contribution in [0.1, 0.15) is 39.1 Å². The summed E-state index contributed by atoms with van der Waals surface area (Å²) in [4.78, 5) is 23.1. The number of aromatic carboxylic acids is 1. The molecule has 1 fully saturated rings. The highest BCUT2D eigenvalue weighted by Gasteiger charge is 2.18. The van der Waals surface area contributed by atoms with Crippen LogP contribution < -0.4 is 5.32 Å². The SMILES string of the molecule is Cc1cc(C(=O)O)cc(C(=O)NC2CCOCC2)c1. The third kappa shape index (κ3) is 3.54. The predicted molar refractivity (Wildman–Crippen MR) is 69.4 cm³/mol. The molecule has 2 rings (SSSR count). The van der Waals surface area contributed by atoms with Gasteiger partial charge in [-0.2, -0.15) is 0 Å². The number of carboxylic acid groups (broad SMARTS) is 1. The number of carboxylic acids is 1. The number of carbonyl (C=O) groups is 2. The number of carbonyl (C=O) groups excluding carboxylic acids is 1. The van der Waals surface area contributed by atoms with Gasteiger partial charge >= 0.3 is 5.97 Å². The Labute approximate surface area is 111 Å². The van der Waals surface area contributed by atoms with Gasteiger partial charge in [-0.25, -0.2) is 4.79 Å². The lowest BCUT2D eigenvalue weighted by atomic mass is 10.0. The van der Waals surface area contributed by atoms with Crippen LogP contribution in [0.3, 0.4) is 0 Å². The van der Waals surface area contributed by atoms with E-state index in [9.17, 15) is 9.59 Å². The average Bonchev–Trinajstić information content (AvgIpc) is 2.39. The molecular formula is C14H17NO4. The van der Waals surface area contributed by atoms with E-state index < -0.39 is 5.97 Å². The Morgan fingerprint density at radius 2 is 1.84 bits per heavy atom. The van der Waals surface area contributed by atoms with Crippen molar-refractivity contribution < 1.29 is 19.4 Å². The van der Waals surface area contributed by atoms with E-state index in [0.717, 1.165) is 18.4 Å². The van der Waals surface area contributed by atoms with Crippen LogP contribution in [0.4, 0.5) is 0 Å². The normalized spacial score (nSPS) is 16.1. The first kappa shape index (κ1) is 13.5. The molecule has 0 radical (unpaired) electrons. The highest BCUT2D eigenvalue weighted by atomic mass is 16.5. The number of benzene rings is 1. The van der Waals surface area contributed by atoms with Crippen molar-refractivity contribution in [2.24, 2.45) is 0 Å². The minimum atomic E-state index is -1.02.